The lowest BCUT2D eigenvalue weighted by Crippen LogP contribution is -2.56. The summed E-state index contributed by atoms with van der Waals surface area (Å²) >= 11 is 0. The van der Waals surface area contributed by atoms with Gasteiger partial charge in [0, 0.05) is 18.9 Å². The van der Waals surface area contributed by atoms with E-state index < -0.39 is 5.54 Å². The first-order valence-electron chi connectivity index (χ1n) is 6.29. The third-order valence-electron chi connectivity index (χ3n) is 3.74. The van der Waals surface area contributed by atoms with Crippen LogP contribution in [-0.2, 0) is 14.3 Å². The van der Waals surface area contributed by atoms with Gasteiger partial charge in [-0.2, -0.15) is 0 Å². The molecule has 98 valence electrons. The van der Waals surface area contributed by atoms with Gasteiger partial charge in [0.1, 0.15) is 0 Å². The molecule has 2 aliphatic rings. The van der Waals surface area contributed by atoms with Crippen molar-refractivity contribution in [3.63, 3.8) is 0 Å². The van der Waals surface area contributed by atoms with E-state index in [1.807, 2.05) is 13.8 Å². The van der Waals surface area contributed by atoms with Gasteiger partial charge in [-0.15, -0.1) is 0 Å². The number of hydrogen-bond donors (Lipinski definition) is 2. The fourth-order valence-electron chi connectivity index (χ4n) is 2.57. The SMILES string of the molecule is CC(C)(NC1CCC2(CC1)OCCO2)C(N)=O. The van der Waals surface area contributed by atoms with Gasteiger partial charge in [0.05, 0.1) is 18.8 Å². The summed E-state index contributed by atoms with van der Waals surface area (Å²) in [5, 5.41) is 3.32. The molecule has 5 nitrogen and oxygen atoms in total. The van der Waals surface area contributed by atoms with Crippen LogP contribution in [-0.4, -0.2) is 36.5 Å². The highest BCUT2D eigenvalue weighted by Crippen LogP contribution is 2.36. The third kappa shape index (κ3) is 2.78. The third-order valence-corrected chi connectivity index (χ3v) is 3.74. The predicted molar refractivity (Wildman–Crippen MR) is 63.3 cm³/mol. The van der Waals surface area contributed by atoms with E-state index in [0.29, 0.717) is 19.3 Å². The van der Waals surface area contributed by atoms with Gasteiger partial charge in [-0.05, 0) is 26.7 Å². The normalized spacial score (nSPS) is 25.3. The zero-order valence-electron chi connectivity index (χ0n) is 10.6. The molecule has 0 radical (unpaired) electrons. The summed E-state index contributed by atoms with van der Waals surface area (Å²) in [5.41, 5.74) is 4.71. The summed E-state index contributed by atoms with van der Waals surface area (Å²) < 4.78 is 11.3. The molecule has 0 atom stereocenters. The van der Waals surface area contributed by atoms with Crippen molar-refractivity contribution in [1.82, 2.24) is 5.32 Å². The molecule has 0 bridgehead atoms. The van der Waals surface area contributed by atoms with Crippen molar-refractivity contribution < 1.29 is 14.3 Å². The summed E-state index contributed by atoms with van der Waals surface area (Å²) in [6.45, 7) is 5.04. The van der Waals surface area contributed by atoms with Gasteiger partial charge in [-0.25, -0.2) is 0 Å². The standard InChI is InChI=1S/C12H22N2O3/c1-11(2,10(13)15)14-9-3-5-12(6-4-9)16-7-8-17-12/h9,14H,3-8H2,1-2H3,(H2,13,15). The summed E-state index contributed by atoms with van der Waals surface area (Å²) in [6.07, 6.45) is 3.69. The van der Waals surface area contributed by atoms with Crippen molar-refractivity contribution >= 4 is 5.91 Å². The molecule has 1 spiro atoms. The van der Waals surface area contributed by atoms with Crippen molar-refractivity contribution in [3.8, 4) is 0 Å². The Morgan fingerprint density at radius 2 is 1.82 bits per heavy atom. The molecule has 0 aromatic carbocycles. The van der Waals surface area contributed by atoms with Gasteiger partial charge in [0.25, 0.3) is 0 Å². The number of hydrogen-bond acceptors (Lipinski definition) is 4. The maximum absolute atomic E-state index is 11.3. The Morgan fingerprint density at radius 1 is 1.29 bits per heavy atom. The predicted octanol–water partition coefficient (Wildman–Crippen LogP) is 0.526. The highest BCUT2D eigenvalue weighted by molar-refractivity contribution is 5.83. The van der Waals surface area contributed by atoms with Gasteiger partial charge in [0.2, 0.25) is 5.91 Å². The van der Waals surface area contributed by atoms with Crippen molar-refractivity contribution in [3.05, 3.63) is 0 Å². The monoisotopic (exact) mass is 242 g/mol. The van der Waals surface area contributed by atoms with Gasteiger partial charge in [-0.3, -0.25) is 4.79 Å². The summed E-state index contributed by atoms with van der Waals surface area (Å²) in [4.78, 5) is 11.3. The maximum atomic E-state index is 11.3. The van der Waals surface area contributed by atoms with Gasteiger partial charge in [0.15, 0.2) is 5.79 Å². The molecule has 1 saturated heterocycles. The molecular weight excluding hydrogens is 220 g/mol. The van der Waals surface area contributed by atoms with Crippen molar-refractivity contribution in [2.75, 3.05) is 13.2 Å². The molecule has 0 aromatic heterocycles. The topological polar surface area (TPSA) is 73.6 Å². The Labute approximate surface area is 102 Å². The van der Waals surface area contributed by atoms with Crippen LogP contribution in [0.4, 0.5) is 0 Å². The summed E-state index contributed by atoms with van der Waals surface area (Å²) in [5.74, 6) is -0.652. The van der Waals surface area contributed by atoms with E-state index in [1.54, 1.807) is 0 Å². The van der Waals surface area contributed by atoms with Crippen LogP contribution in [0.15, 0.2) is 0 Å². The van der Waals surface area contributed by atoms with E-state index in [0.717, 1.165) is 25.7 Å². The Kier molecular flexibility index (Phi) is 3.43. The highest BCUT2D eigenvalue weighted by Gasteiger charge is 2.41. The lowest BCUT2D eigenvalue weighted by atomic mass is 9.88. The van der Waals surface area contributed by atoms with Gasteiger partial charge in [-0.1, -0.05) is 0 Å². The first-order valence-corrected chi connectivity index (χ1v) is 6.29. The highest BCUT2D eigenvalue weighted by atomic mass is 16.7. The zero-order chi connectivity index (χ0) is 12.5. The molecule has 5 heteroatoms. The molecule has 2 fully saturated rings. The van der Waals surface area contributed by atoms with E-state index in [2.05, 4.69) is 5.32 Å². The molecular formula is C12H22N2O3. The molecule has 0 aromatic rings. The number of ether oxygens (including phenoxy) is 2. The molecule has 17 heavy (non-hydrogen) atoms. The second kappa shape index (κ2) is 4.55. The number of rotatable bonds is 3. The molecule has 2 rings (SSSR count). The summed E-state index contributed by atoms with van der Waals surface area (Å²) in [6, 6.07) is 0.316. The Balaban J connectivity index is 1.85. The molecule has 0 unspecified atom stereocenters. The smallest absolute Gasteiger partial charge is 0.237 e. The first-order chi connectivity index (χ1) is 7.94. The Morgan fingerprint density at radius 3 is 2.29 bits per heavy atom. The Hall–Kier alpha value is -0.650. The molecule has 1 aliphatic heterocycles. The van der Waals surface area contributed by atoms with Crippen molar-refractivity contribution in [2.45, 2.75) is 56.9 Å². The number of nitrogens with two attached hydrogens (primary N) is 1. The van der Waals surface area contributed by atoms with Crippen LogP contribution in [0.5, 0.6) is 0 Å². The average molecular weight is 242 g/mol. The van der Waals surface area contributed by atoms with E-state index in [1.165, 1.54) is 0 Å². The number of carbonyl (C=O) groups excluding carboxylic acids is 1. The van der Waals surface area contributed by atoms with Crippen LogP contribution >= 0.6 is 0 Å². The quantitative estimate of drug-likeness (QED) is 0.757. The van der Waals surface area contributed by atoms with Crippen LogP contribution in [0.2, 0.25) is 0 Å². The van der Waals surface area contributed by atoms with Crippen LogP contribution in [0, 0.1) is 0 Å². The second-order valence-electron chi connectivity index (χ2n) is 5.52. The molecule has 1 saturated carbocycles. The maximum Gasteiger partial charge on any atom is 0.237 e. The molecule has 1 amide bonds. The van der Waals surface area contributed by atoms with Gasteiger partial charge < -0.3 is 20.5 Å². The molecule has 1 aliphatic carbocycles. The average Bonchev–Trinajstić information content (AvgIpc) is 2.70. The largest absolute Gasteiger partial charge is 0.368 e. The lowest BCUT2D eigenvalue weighted by molar-refractivity contribution is -0.180. The lowest BCUT2D eigenvalue weighted by Gasteiger charge is -2.38. The van der Waals surface area contributed by atoms with Crippen LogP contribution in [0.25, 0.3) is 0 Å². The fourth-order valence-corrected chi connectivity index (χ4v) is 2.57. The minimum Gasteiger partial charge on any atom is -0.368 e. The van der Waals surface area contributed by atoms with Crippen LogP contribution in [0.3, 0.4) is 0 Å². The number of primary amides is 1. The van der Waals surface area contributed by atoms with Gasteiger partial charge >= 0.3 is 0 Å². The second-order valence-corrected chi connectivity index (χ2v) is 5.52. The zero-order valence-corrected chi connectivity index (χ0v) is 10.6. The van der Waals surface area contributed by atoms with Crippen LogP contribution < -0.4 is 11.1 Å². The minimum absolute atomic E-state index is 0.314. The minimum atomic E-state index is -0.646. The number of amides is 1. The Bertz CT molecular complexity index is 288. The van der Waals surface area contributed by atoms with E-state index in [4.69, 9.17) is 15.2 Å². The fraction of sp³-hybridized carbons (Fsp3) is 0.917. The molecule has 3 N–H and O–H groups in total. The van der Waals surface area contributed by atoms with Crippen molar-refractivity contribution in [1.29, 1.82) is 0 Å². The molecule has 1 heterocycles. The van der Waals surface area contributed by atoms with E-state index in [9.17, 15) is 4.79 Å². The van der Waals surface area contributed by atoms with Crippen LogP contribution in [0.1, 0.15) is 39.5 Å². The number of nitrogens with one attached hydrogen (secondary N) is 1. The van der Waals surface area contributed by atoms with E-state index in [-0.39, 0.29) is 11.7 Å². The van der Waals surface area contributed by atoms with E-state index >= 15 is 0 Å². The summed E-state index contributed by atoms with van der Waals surface area (Å²) in [7, 11) is 0. The number of carbonyl (C=O) groups is 1. The first kappa shape index (κ1) is 12.8. The van der Waals surface area contributed by atoms with Crippen molar-refractivity contribution in [2.24, 2.45) is 5.73 Å².